The van der Waals surface area contributed by atoms with Gasteiger partial charge in [0.25, 0.3) is 5.91 Å². The van der Waals surface area contributed by atoms with Crippen molar-refractivity contribution < 1.29 is 13.2 Å². The summed E-state index contributed by atoms with van der Waals surface area (Å²) in [5, 5.41) is 3.32. The summed E-state index contributed by atoms with van der Waals surface area (Å²) in [5.74, 6) is 0.490. The summed E-state index contributed by atoms with van der Waals surface area (Å²) >= 11 is 0. The first-order chi connectivity index (χ1) is 10.1. The minimum atomic E-state index is -2.96. The van der Waals surface area contributed by atoms with Gasteiger partial charge in [0, 0.05) is 25.2 Å². The van der Waals surface area contributed by atoms with Crippen LogP contribution in [0.2, 0.25) is 0 Å². The second-order valence-corrected chi connectivity index (χ2v) is 8.02. The van der Waals surface area contributed by atoms with E-state index in [1.807, 2.05) is 24.3 Å². The average molecular weight is 308 g/mol. The lowest BCUT2D eigenvalue weighted by molar-refractivity contribution is 0.0768. The fourth-order valence-corrected chi connectivity index (χ4v) is 4.25. The molecule has 0 aromatic heterocycles. The summed E-state index contributed by atoms with van der Waals surface area (Å²) in [5.41, 5.74) is 1.81. The lowest BCUT2D eigenvalue weighted by Crippen LogP contribution is -2.44. The number of hydrogen-bond donors (Lipinski definition) is 1. The maximum absolute atomic E-state index is 12.7. The predicted molar refractivity (Wildman–Crippen MR) is 81.2 cm³/mol. The van der Waals surface area contributed by atoms with Crippen LogP contribution in [0.4, 0.5) is 0 Å². The monoisotopic (exact) mass is 308 g/mol. The molecule has 1 N–H and O–H groups in total. The zero-order valence-electron chi connectivity index (χ0n) is 11.9. The van der Waals surface area contributed by atoms with Gasteiger partial charge in [-0.25, -0.2) is 8.42 Å². The van der Waals surface area contributed by atoms with Crippen molar-refractivity contribution in [2.75, 3.05) is 37.7 Å². The van der Waals surface area contributed by atoms with E-state index >= 15 is 0 Å². The van der Waals surface area contributed by atoms with Crippen LogP contribution in [0.1, 0.15) is 28.3 Å². The Bertz CT molecular complexity index is 622. The molecule has 2 heterocycles. The molecule has 21 heavy (non-hydrogen) atoms. The number of amides is 1. The number of nitrogens with one attached hydrogen (secondary N) is 1. The fourth-order valence-electron chi connectivity index (χ4n) is 3.05. The van der Waals surface area contributed by atoms with Crippen molar-refractivity contribution in [2.45, 2.75) is 12.3 Å². The van der Waals surface area contributed by atoms with Crippen LogP contribution in [0.25, 0.3) is 0 Å². The van der Waals surface area contributed by atoms with Gasteiger partial charge in [-0.2, -0.15) is 0 Å². The van der Waals surface area contributed by atoms with Gasteiger partial charge in [0.05, 0.1) is 11.5 Å². The molecule has 5 nitrogen and oxygen atoms in total. The molecule has 0 spiro atoms. The molecule has 2 aliphatic heterocycles. The Morgan fingerprint density at radius 3 is 2.57 bits per heavy atom. The van der Waals surface area contributed by atoms with Gasteiger partial charge < -0.3 is 10.2 Å². The summed E-state index contributed by atoms with van der Waals surface area (Å²) in [6.45, 7) is 2.49. The molecule has 2 aliphatic rings. The number of sulfone groups is 1. The molecule has 1 aromatic rings. The largest absolute Gasteiger partial charge is 0.337 e. The third-order valence-electron chi connectivity index (χ3n) is 4.32. The van der Waals surface area contributed by atoms with E-state index in [-0.39, 0.29) is 17.4 Å². The van der Waals surface area contributed by atoms with Crippen LogP contribution in [-0.4, -0.2) is 56.9 Å². The molecule has 114 valence electrons. The van der Waals surface area contributed by atoms with Crippen LogP contribution in [0, 0.1) is 0 Å². The van der Waals surface area contributed by atoms with Gasteiger partial charge in [0.15, 0.2) is 9.84 Å². The van der Waals surface area contributed by atoms with Gasteiger partial charge in [0.2, 0.25) is 0 Å². The maximum Gasteiger partial charge on any atom is 0.254 e. The van der Waals surface area contributed by atoms with Gasteiger partial charge in [-0.15, -0.1) is 0 Å². The Hall–Kier alpha value is -1.40. The molecule has 2 saturated heterocycles. The number of carbonyl (C=O) groups is 1. The predicted octanol–water partition coefficient (Wildman–Crippen LogP) is 0.634. The molecule has 0 aliphatic carbocycles. The van der Waals surface area contributed by atoms with E-state index in [9.17, 15) is 13.2 Å². The molecule has 2 fully saturated rings. The zero-order chi connectivity index (χ0) is 14.9. The number of nitrogens with zero attached hydrogens (tertiary/aromatic N) is 1. The number of carbonyl (C=O) groups excluding carboxylic acids is 1. The SMILES string of the molecule is O=C(c1ccccc1[C@@H]1CCNC1)N1CCS(=O)(=O)CC1. The summed E-state index contributed by atoms with van der Waals surface area (Å²) in [6.07, 6.45) is 1.04. The van der Waals surface area contributed by atoms with Crippen LogP contribution in [0.3, 0.4) is 0 Å². The topological polar surface area (TPSA) is 66.5 Å². The average Bonchev–Trinajstić information content (AvgIpc) is 3.01. The summed E-state index contributed by atoms with van der Waals surface area (Å²) in [4.78, 5) is 14.4. The highest BCUT2D eigenvalue weighted by atomic mass is 32.2. The Morgan fingerprint density at radius 2 is 1.90 bits per heavy atom. The van der Waals surface area contributed by atoms with Crippen molar-refractivity contribution in [2.24, 2.45) is 0 Å². The van der Waals surface area contributed by atoms with Crippen molar-refractivity contribution in [1.82, 2.24) is 10.2 Å². The Balaban J connectivity index is 1.82. The highest BCUT2D eigenvalue weighted by molar-refractivity contribution is 7.91. The van der Waals surface area contributed by atoms with Gasteiger partial charge >= 0.3 is 0 Å². The minimum Gasteiger partial charge on any atom is -0.337 e. The maximum atomic E-state index is 12.7. The molecular formula is C15H20N2O3S. The summed E-state index contributed by atoms with van der Waals surface area (Å²) in [6, 6.07) is 7.72. The number of hydrogen-bond acceptors (Lipinski definition) is 4. The molecule has 1 aromatic carbocycles. The molecule has 0 radical (unpaired) electrons. The van der Waals surface area contributed by atoms with E-state index in [4.69, 9.17) is 0 Å². The first-order valence-electron chi connectivity index (χ1n) is 7.36. The third-order valence-corrected chi connectivity index (χ3v) is 5.93. The van der Waals surface area contributed by atoms with Crippen molar-refractivity contribution in [3.8, 4) is 0 Å². The standard InChI is InChI=1S/C15H20N2O3S/c18-15(17-7-9-21(19,20)10-8-17)14-4-2-1-3-13(14)12-5-6-16-11-12/h1-4,12,16H,5-11H2/t12-/m1/s1. The van der Waals surface area contributed by atoms with E-state index in [2.05, 4.69) is 5.32 Å². The molecule has 6 heteroatoms. The zero-order valence-corrected chi connectivity index (χ0v) is 12.7. The second kappa shape index (κ2) is 5.77. The quantitative estimate of drug-likeness (QED) is 0.870. The van der Waals surface area contributed by atoms with Crippen LogP contribution in [0.5, 0.6) is 0 Å². The first kappa shape index (κ1) is 14.5. The van der Waals surface area contributed by atoms with Crippen molar-refractivity contribution in [1.29, 1.82) is 0 Å². The highest BCUT2D eigenvalue weighted by Crippen LogP contribution is 2.26. The molecule has 0 unspecified atom stereocenters. The lowest BCUT2D eigenvalue weighted by atomic mass is 9.93. The molecule has 0 saturated carbocycles. The molecule has 3 rings (SSSR count). The fraction of sp³-hybridized carbons (Fsp3) is 0.533. The smallest absolute Gasteiger partial charge is 0.254 e. The van der Waals surface area contributed by atoms with Crippen LogP contribution < -0.4 is 5.32 Å². The molecule has 0 bridgehead atoms. The van der Waals surface area contributed by atoms with E-state index in [1.54, 1.807) is 4.90 Å². The Labute approximate surface area is 125 Å². The van der Waals surface area contributed by atoms with Gasteiger partial charge in [-0.05, 0) is 30.5 Å². The van der Waals surface area contributed by atoms with Crippen molar-refractivity contribution >= 4 is 15.7 Å². The van der Waals surface area contributed by atoms with E-state index in [1.165, 1.54) is 0 Å². The van der Waals surface area contributed by atoms with E-state index in [0.717, 1.165) is 30.6 Å². The second-order valence-electron chi connectivity index (χ2n) is 5.72. The minimum absolute atomic E-state index is 0.0348. The van der Waals surface area contributed by atoms with Gasteiger partial charge in [-0.1, -0.05) is 18.2 Å². The van der Waals surface area contributed by atoms with Crippen LogP contribution in [0.15, 0.2) is 24.3 Å². The molecule has 1 atom stereocenters. The van der Waals surface area contributed by atoms with Crippen LogP contribution >= 0.6 is 0 Å². The summed E-state index contributed by atoms with van der Waals surface area (Å²) in [7, 11) is -2.96. The highest BCUT2D eigenvalue weighted by Gasteiger charge is 2.28. The number of benzene rings is 1. The van der Waals surface area contributed by atoms with E-state index < -0.39 is 9.84 Å². The third kappa shape index (κ3) is 3.11. The van der Waals surface area contributed by atoms with Crippen molar-refractivity contribution in [3.63, 3.8) is 0 Å². The first-order valence-corrected chi connectivity index (χ1v) is 9.18. The van der Waals surface area contributed by atoms with Crippen molar-refractivity contribution in [3.05, 3.63) is 35.4 Å². The lowest BCUT2D eigenvalue weighted by Gasteiger charge is -2.28. The Morgan fingerprint density at radius 1 is 1.19 bits per heavy atom. The van der Waals surface area contributed by atoms with E-state index in [0.29, 0.717) is 19.0 Å². The van der Waals surface area contributed by atoms with Gasteiger partial charge in [0.1, 0.15) is 0 Å². The molecule has 1 amide bonds. The summed E-state index contributed by atoms with van der Waals surface area (Å²) < 4.78 is 23.0. The Kier molecular flexibility index (Phi) is 3.99. The number of rotatable bonds is 2. The van der Waals surface area contributed by atoms with Gasteiger partial charge in [-0.3, -0.25) is 4.79 Å². The molecular weight excluding hydrogens is 288 g/mol. The van der Waals surface area contributed by atoms with Crippen LogP contribution in [-0.2, 0) is 9.84 Å². The normalized spacial score (nSPS) is 25.0.